The number of ether oxygens (including phenoxy) is 1. The minimum atomic E-state index is -0.609. The molecular weight excluding hydrogens is 432 g/mol. The van der Waals surface area contributed by atoms with Gasteiger partial charge < -0.3 is 9.64 Å². The van der Waals surface area contributed by atoms with Crippen LogP contribution in [0.1, 0.15) is 71.7 Å². The first-order valence-electron chi connectivity index (χ1n) is 11.9. The maximum Gasteiger partial charge on any atom is 0.412 e. The van der Waals surface area contributed by atoms with Crippen molar-refractivity contribution in [1.82, 2.24) is 29.7 Å². The van der Waals surface area contributed by atoms with Crippen molar-refractivity contribution in [3.8, 4) is 17.1 Å². The second kappa shape index (κ2) is 8.66. The number of nitrogens with zero attached hydrogens (tertiary/aromatic N) is 7. The monoisotopic (exact) mass is 462 g/mol. The van der Waals surface area contributed by atoms with Crippen LogP contribution in [0.5, 0.6) is 0 Å². The Morgan fingerprint density at radius 1 is 1.24 bits per heavy atom. The molecule has 34 heavy (non-hydrogen) atoms. The Hall–Kier alpha value is -3.56. The lowest BCUT2D eigenvalue weighted by Gasteiger charge is -2.40. The van der Waals surface area contributed by atoms with E-state index in [4.69, 9.17) is 9.72 Å². The average molecular weight is 463 g/mol. The van der Waals surface area contributed by atoms with Gasteiger partial charge in [0.2, 0.25) is 0 Å². The van der Waals surface area contributed by atoms with E-state index >= 15 is 0 Å². The lowest BCUT2D eigenvalue weighted by Crippen LogP contribution is -2.42. The fourth-order valence-corrected chi connectivity index (χ4v) is 4.88. The number of carbonyl (C=O) groups excluding carboxylic acids is 1. The third-order valence-corrected chi connectivity index (χ3v) is 6.26. The summed E-state index contributed by atoms with van der Waals surface area (Å²) in [6.07, 6.45) is 11.8. The molecule has 0 bridgehead atoms. The van der Waals surface area contributed by atoms with Crippen molar-refractivity contribution in [3.05, 3.63) is 36.8 Å². The summed E-state index contributed by atoms with van der Waals surface area (Å²) in [5, 5.41) is 11.4. The van der Waals surface area contributed by atoms with Gasteiger partial charge in [0, 0.05) is 17.8 Å². The molecule has 1 fully saturated rings. The third-order valence-electron chi connectivity index (χ3n) is 6.26. The molecule has 3 aromatic rings. The van der Waals surface area contributed by atoms with E-state index < -0.39 is 11.7 Å². The largest absolute Gasteiger partial charge is 0.444 e. The molecule has 178 valence electrons. The second-order valence-corrected chi connectivity index (χ2v) is 9.78. The van der Waals surface area contributed by atoms with Gasteiger partial charge in [0.15, 0.2) is 17.5 Å². The van der Waals surface area contributed by atoms with Crippen molar-refractivity contribution >= 4 is 17.6 Å². The van der Waals surface area contributed by atoms with Gasteiger partial charge in [-0.25, -0.2) is 14.8 Å². The molecule has 3 aromatic heterocycles. The lowest BCUT2D eigenvalue weighted by atomic mass is 10.0. The maximum atomic E-state index is 12.4. The molecule has 0 spiro atoms. The Balaban J connectivity index is 1.57. The van der Waals surface area contributed by atoms with Crippen molar-refractivity contribution in [2.24, 2.45) is 0 Å². The third kappa shape index (κ3) is 4.08. The molecule has 0 saturated heterocycles. The van der Waals surface area contributed by atoms with E-state index in [0.29, 0.717) is 23.1 Å². The summed E-state index contributed by atoms with van der Waals surface area (Å²) in [6.45, 7) is 7.64. The molecule has 4 heterocycles. The molecule has 1 saturated carbocycles. The highest BCUT2D eigenvalue weighted by molar-refractivity contribution is 5.90. The molecule has 1 N–H and O–H groups in total. The smallest absolute Gasteiger partial charge is 0.412 e. The summed E-state index contributed by atoms with van der Waals surface area (Å²) in [5.41, 5.74) is 1.44. The highest BCUT2D eigenvalue weighted by Crippen LogP contribution is 2.43. The minimum absolute atomic E-state index is 0.0950. The molecule has 10 heteroatoms. The van der Waals surface area contributed by atoms with Crippen LogP contribution < -0.4 is 10.2 Å². The van der Waals surface area contributed by atoms with E-state index in [1.807, 2.05) is 31.5 Å². The maximum absolute atomic E-state index is 12.4. The number of hydrogen-bond acceptors (Lipinski definition) is 8. The van der Waals surface area contributed by atoms with Crippen molar-refractivity contribution in [3.63, 3.8) is 0 Å². The second-order valence-electron chi connectivity index (χ2n) is 9.78. The molecule has 1 amide bonds. The van der Waals surface area contributed by atoms with E-state index in [2.05, 4.69) is 37.3 Å². The number of amides is 1. The highest BCUT2D eigenvalue weighted by atomic mass is 16.6. The topological polar surface area (TPSA) is 111 Å². The van der Waals surface area contributed by atoms with Gasteiger partial charge in [0.25, 0.3) is 0 Å². The van der Waals surface area contributed by atoms with Crippen LogP contribution in [-0.2, 0) is 4.74 Å². The van der Waals surface area contributed by atoms with Crippen LogP contribution in [0.3, 0.4) is 0 Å². The number of rotatable bonds is 4. The molecule has 2 aliphatic rings. The van der Waals surface area contributed by atoms with Gasteiger partial charge >= 0.3 is 6.09 Å². The van der Waals surface area contributed by atoms with E-state index in [0.717, 1.165) is 36.6 Å². The summed E-state index contributed by atoms with van der Waals surface area (Å²) in [4.78, 5) is 28.7. The normalized spacial score (nSPS) is 17.9. The molecule has 1 aliphatic heterocycles. The summed E-state index contributed by atoms with van der Waals surface area (Å²) < 4.78 is 7.41. The molecule has 1 atom stereocenters. The minimum Gasteiger partial charge on any atom is -0.444 e. The first-order chi connectivity index (χ1) is 16.4. The first-order valence-corrected chi connectivity index (χ1v) is 11.9. The quantitative estimate of drug-likeness (QED) is 0.595. The first kappa shape index (κ1) is 22.2. The zero-order valence-electron chi connectivity index (χ0n) is 20.0. The standard InChI is InChI=1S/C24H30N8O2/c1-5-18-22-30-27-14-31(22)19-13-26-20(29-21(19)32(18)15-8-6-7-9-15)16-10-11-25-12-17(16)28-23(33)34-24(2,3)4/h10-15,18H,5-9H2,1-4H3,(H,28,33). The van der Waals surface area contributed by atoms with E-state index in [1.165, 1.54) is 12.8 Å². The van der Waals surface area contributed by atoms with E-state index in [-0.39, 0.29) is 6.04 Å². The molecule has 1 aliphatic carbocycles. The van der Waals surface area contributed by atoms with Crippen LogP contribution >= 0.6 is 0 Å². The highest BCUT2D eigenvalue weighted by Gasteiger charge is 2.38. The van der Waals surface area contributed by atoms with Crippen LogP contribution in [0.4, 0.5) is 16.3 Å². The number of hydrogen-bond donors (Lipinski definition) is 1. The van der Waals surface area contributed by atoms with Gasteiger partial charge in [-0.05, 0) is 46.1 Å². The molecule has 0 aromatic carbocycles. The van der Waals surface area contributed by atoms with Crippen molar-refractivity contribution < 1.29 is 9.53 Å². The van der Waals surface area contributed by atoms with Gasteiger partial charge in [-0.2, -0.15) is 0 Å². The average Bonchev–Trinajstić information content (AvgIpc) is 3.49. The molecule has 0 radical (unpaired) electrons. The Bertz CT molecular complexity index is 1200. The van der Waals surface area contributed by atoms with Crippen LogP contribution in [0.2, 0.25) is 0 Å². The Morgan fingerprint density at radius 2 is 2.03 bits per heavy atom. The molecular formula is C24H30N8O2. The van der Waals surface area contributed by atoms with Crippen LogP contribution in [0.15, 0.2) is 31.0 Å². The van der Waals surface area contributed by atoms with E-state index in [9.17, 15) is 4.79 Å². The van der Waals surface area contributed by atoms with Gasteiger partial charge in [0.05, 0.1) is 24.1 Å². The zero-order chi connectivity index (χ0) is 23.9. The lowest BCUT2D eigenvalue weighted by molar-refractivity contribution is 0.0636. The predicted molar refractivity (Wildman–Crippen MR) is 128 cm³/mol. The number of pyridine rings is 1. The van der Waals surface area contributed by atoms with Crippen molar-refractivity contribution in [1.29, 1.82) is 0 Å². The van der Waals surface area contributed by atoms with Gasteiger partial charge in [-0.3, -0.25) is 14.9 Å². The Morgan fingerprint density at radius 3 is 2.76 bits per heavy atom. The number of anilines is 2. The van der Waals surface area contributed by atoms with Crippen molar-refractivity contribution in [2.45, 2.75) is 77.5 Å². The van der Waals surface area contributed by atoms with Gasteiger partial charge in [0.1, 0.15) is 17.6 Å². The SMILES string of the molecule is CCC1c2nncn2-c2cnc(-c3ccncc3NC(=O)OC(C)(C)C)nc2N1C1CCCC1. The zero-order valence-corrected chi connectivity index (χ0v) is 20.0. The van der Waals surface area contributed by atoms with Crippen molar-refractivity contribution in [2.75, 3.05) is 10.2 Å². The summed E-state index contributed by atoms with van der Waals surface area (Å²) in [6, 6.07) is 2.30. The summed E-state index contributed by atoms with van der Waals surface area (Å²) in [7, 11) is 0. The number of fused-ring (bicyclic) bond motifs is 3. The number of carbonyl (C=O) groups is 1. The molecule has 10 nitrogen and oxygen atoms in total. The predicted octanol–water partition coefficient (Wildman–Crippen LogP) is 4.68. The Kier molecular flexibility index (Phi) is 5.66. The number of nitrogens with one attached hydrogen (secondary N) is 1. The van der Waals surface area contributed by atoms with Crippen LogP contribution in [0, 0.1) is 0 Å². The summed E-state index contributed by atoms with van der Waals surface area (Å²) in [5.74, 6) is 2.31. The van der Waals surface area contributed by atoms with Gasteiger partial charge in [-0.1, -0.05) is 19.8 Å². The number of aromatic nitrogens is 6. The van der Waals surface area contributed by atoms with Gasteiger partial charge in [-0.15, -0.1) is 10.2 Å². The van der Waals surface area contributed by atoms with Crippen LogP contribution in [0.25, 0.3) is 17.1 Å². The molecule has 5 rings (SSSR count). The molecule has 1 unspecified atom stereocenters. The van der Waals surface area contributed by atoms with Crippen LogP contribution in [-0.4, -0.2) is 47.5 Å². The Labute approximate surface area is 198 Å². The summed E-state index contributed by atoms with van der Waals surface area (Å²) >= 11 is 0. The van der Waals surface area contributed by atoms with E-state index in [1.54, 1.807) is 24.8 Å². The fraction of sp³-hybridized carbons (Fsp3) is 0.500. The fourth-order valence-electron chi connectivity index (χ4n) is 4.88.